The minimum absolute atomic E-state index is 0.103. The van der Waals surface area contributed by atoms with E-state index < -0.39 is 0 Å². The average molecular weight is 408 g/mol. The van der Waals surface area contributed by atoms with Crippen LogP contribution in [0.15, 0.2) is 22.8 Å². The van der Waals surface area contributed by atoms with E-state index in [9.17, 15) is 9.59 Å². The van der Waals surface area contributed by atoms with Crippen LogP contribution in [0.5, 0.6) is 0 Å². The van der Waals surface area contributed by atoms with Gasteiger partial charge in [-0.25, -0.2) is 4.79 Å². The smallest absolute Gasteiger partial charge is 0.341 e. The lowest BCUT2D eigenvalue weighted by molar-refractivity contribution is -0.115. The number of hydrogen-bond donors (Lipinski definition) is 1. The number of thiophene rings is 1. The number of amides is 1. The van der Waals surface area contributed by atoms with Crippen LogP contribution in [0.3, 0.4) is 0 Å². The van der Waals surface area contributed by atoms with E-state index in [0.29, 0.717) is 22.9 Å². The van der Waals surface area contributed by atoms with Gasteiger partial charge < -0.3 is 14.5 Å². The number of rotatable bonds is 7. The molecule has 0 bridgehead atoms. The Hall–Kier alpha value is -1.73. The largest absolute Gasteiger partial charge is 0.468 e. The third-order valence-corrected chi connectivity index (χ3v) is 6.94. The normalized spacial score (nSPS) is 14.9. The number of carbonyl (C=O) groups excluding carboxylic acids is 2. The molecule has 3 rings (SSSR count). The molecule has 27 heavy (non-hydrogen) atoms. The van der Waals surface area contributed by atoms with Gasteiger partial charge in [-0.15, -0.1) is 23.1 Å². The Labute approximate surface area is 167 Å². The molecule has 1 aliphatic rings. The molecule has 0 aromatic carbocycles. The van der Waals surface area contributed by atoms with E-state index in [0.717, 1.165) is 37.0 Å². The van der Waals surface area contributed by atoms with Gasteiger partial charge in [-0.2, -0.15) is 0 Å². The summed E-state index contributed by atoms with van der Waals surface area (Å²) < 4.78 is 10.6. The third kappa shape index (κ3) is 4.96. The molecule has 0 aliphatic heterocycles. The van der Waals surface area contributed by atoms with Gasteiger partial charge in [0.15, 0.2) is 0 Å². The Morgan fingerprint density at radius 3 is 2.89 bits per heavy atom. The highest BCUT2D eigenvalue weighted by molar-refractivity contribution is 7.99. The van der Waals surface area contributed by atoms with Gasteiger partial charge >= 0.3 is 5.97 Å². The molecule has 1 amide bonds. The number of nitrogens with one attached hydrogen (secondary N) is 1. The zero-order valence-electron chi connectivity index (χ0n) is 15.7. The summed E-state index contributed by atoms with van der Waals surface area (Å²) >= 11 is 3.04. The number of ether oxygens (including phenoxy) is 1. The van der Waals surface area contributed by atoms with Gasteiger partial charge in [0.05, 0.1) is 29.4 Å². The average Bonchev–Trinajstić information content (AvgIpc) is 3.22. The minimum Gasteiger partial charge on any atom is -0.468 e. The van der Waals surface area contributed by atoms with E-state index in [4.69, 9.17) is 9.15 Å². The molecule has 0 radical (unpaired) electrons. The van der Waals surface area contributed by atoms with Gasteiger partial charge in [-0.3, -0.25) is 4.79 Å². The number of aryl methyl sites for hydroxylation is 1. The van der Waals surface area contributed by atoms with Crippen LogP contribution in [0, 0.1) is 0 Å². The Bertz CT molecular complexity index is 782. The Balaban J connectivity index is 1.74. The number of anilines is 1. The highest BCUT2D eigenvalue weighted by Crippen LogP contribution is 2.38. The molecule has 1 unspecified atom stereocenters. The van der Waals surface area contributed by atoms with Crippen molar-refractivity contribution in [2.75, 3.05) is 11.9 Å². The fraction of sp³-hybridized carbons (Fsp3) is 0.500. The SMILES string of the molecule is CCOC(=O)c1c(NC(=O)C(C)SCc2ccco2)sc2c1CCCCC2. The number of furan rings is 1. The van der Waals surface area contributed by atoms with E-state index in [1.54, 1.807) is 13.2 Å². The van der Waals surface area contributed by atoms with Crippen molar-refractivity contribution in [3.8, 4) is 0 Å². The number of hydrogen-bond acceptors (Lipinski definition) is 6. The van der Waals surface area contributed by atoms with Crippen molar-refractivity contribution in [1.82, 2.24) is 0 Å². The van der Waals surface area contributed by atoms with Gasteiger partial charge in [-0.1, -0.05) is 6.42 Å². The van der Waals surface area contributed by atoms with Crippen LogP contribution in [0.1, 0.15) is 59.7 Å². The van der Waals surface area contributed by atoms with Crippen LogP contribution in [0.4, 0.5) is 5.00 Å². The lowest BCUT2D eigenvalue weighted by Crippen LogP contribution is -2.23. The van der Waals surface area contributed by atoms with E-state index in [1.165, 1.54) is 34.4 Å². The van der Waals surface area contributed by atoms with Crippen molar-refractivity contribution >= 4 is 40.0 Å². The van der Waals surface area contributed by atoms with Crippen LogP contribution in [0.2, 0.25) is 0 Å². The minimum atomic E-state index is -0.330. The van der Waals surface area contributed by atoms with Gasteiger partial charge in [0.2, 0.25) is 5.91 Å². The van der Waals surface area contributed by atoms with Crippen LogP contribution < -0.4 is 5.32 Å². The number of esters is 1. The zero-order chi connectivity index (χ0) is 19.2. The summed E-state index contributed by atoms with van der Waals surface area (Å²) in [4.78, 5) is 26.4. The molecule has 0 saturated carbocycles. The Morgan fingerprint density at radius 2 is 2.15 bits per heavy atom. The first-order valence-corrected chi connectivity index (χ1v) is 11.2. The molecule has 0 spiro atoms. The number of fused-ring (bicyclic) bond motifs is 1. The van der Waals surface area contributed by atoms with Crippen molar-refractivity contribution in [3.63, 3.8) is 0 Å². The standard InChI is InChI=1S/C20H25NO4S2/c1-3-24-20(23)17-15-9-5-4-6-10-16(15)27-19(17)21-18(22)13(2)26-12-14-8-7-11-25-14/h7-8,11,13H,3-6,9-10,12H2,1-2H3,(H,21,22). The number of carbonyl (C=O) groups is 2. The predicted molar refractivity (Wildman–Crippen MR) is 110 cm³/mol. The highest BCUT2D eigenvalue weighted by Gasteiger charge is 2.27. The maximum absolute atomic E-state index is 12.7. The van der Waals surface area contributed by atoms with Crippen molar-refractivity contribution < 1.29 is 18.7 Å². The van der Waals surface area contributed by atoms with Crippen molar-refractivity contribution in [3.05, 3.63) is 40.2 Å². The summed E-state index contributed by atoms with van der Waals surface area (Å²) in [7, 11) is 0. The Kier molecular flexibility index (Phi) is 7.01. The molecule has 146 valence electrons. The maximum Gasteiger partial charge on any atom is 0.341 e. The molecular weight excluding hydrogens is 382 g/mol. The zero-order valence-corrected chi connectivity index (χ0v) is 17.3. The molecule has 0 saturated heterocycles. The van der Waals surface area contributed by atoms with Crippen LogP contribution in [-0.4, -0.2) is 23.7 Å². The molecule has 7 heteroatoms. The maximum atomic E-state index is 12.7. The van der Waals surface area contributed by atoms with E-state index in [1.807, 2.05) is 19.1 Å². The first kappa shape index (κ1) is 20.0. The molecule has 2 aromatic heterocycles. The molecule has 2 heterocycles. The van der Waals surface area contributed by atoms with Crippen LogP contribution >= 0.6 is 23.1 Å². The van der Waals surface area contributed by atoms with Crippen molar-refractivity contribution in [2.24, 2.45) is 0 Å². The highest BCUT2D eigenvalue weighted by atomic mass is 32.2. The van der Waals surface area contributed by atoms with Crippen LogP contribution in [0.25, 0.3) is 0 Å². The summed E-state index contributed by atoms with van der Waals surface area (Å²) in [5, 5.41) is 3.36. The van der Waals surface area contributed by atoms with Crippen molar-refractivity contribution in [1.29, 1.82) is 0 Å². The monoisotopic (exact) mass is 407 g/mol. The summed E-state index contributed by atoms with van der Waals surface area (Å²) in [6, 6.07) is 3.73. The topological polar surface area (TPSA) is 68.5 Å². The second-order valence-corrected chi connectivity index (χ2v) is 8.95. The van der Waals surface area contributed by atoms with E-state index in [2.05, 4.69) is 5.32 Å². The van der Waals surface area contributed by atoms with Gasteiger partial charge in [-0.05, 0) is 57.2 Å². The molecule has 0 fully saturated rings. The molecule has 1 N–H and O–H groups in total. The lowest BCUT2D eigenvalue weighted by Gasteiger charge is -2.12. The summed E-state index contributed by atoms with van der Waals surface area (Å²) in [6.07, 6.45) is 6.83. The molecule has 1 atom stereocenters. The molecular formula is C20H25NO4S2. The van der Waals surface area contributed by atoms with Crippen molar-refractivity contribution in [2.45, 2.75) is 57.0 Å². The lowest BCUT2D eigenvalue weighted by atomic mass is 10.1. The number of thioether (sulfide) groups is 1. The molecule has 1 aliphatic carbocycles. The van der Waals surface area contributed by atoms with Gasteiger partial charge in [0, 0.05) is 4.88 Å². The fourth-order valence-corrected chi connectivity index (χ4v) is 5.21. The van der Waals surface area contributed by atoms with Gasteiger partial charge in [0.1, 0.15) is 10.8 Å². The molecule has 2 aromatic rings. The molecule has 5 nitrogen and oxygen atoms in total. The van der Waals surface area contributed by atoms with E-state index in [-0.39, 0.29) is 17.1 Å². The first-order valence-electron chi connectivity index (χ1n) is 9.36. The van der Waals surface area contributed by atoms with E-state index >= 15 is 0 Å². The summed E-state index contributed by atoms with van der Waals surface area (Å²) in [6.45, 7) is 3.99. The second-order valence-electron chi connectivity index (χ2n) is 6.51. The first-order chi connectivity index (χ1) is 13.1. The quantitative estimate of drug-likeness (QED) is 0.514. The van der Waals surface area contributed by atoms with Crippen LogP contribution in [-0.2, 0) is 28.1 Å². The summed E-state index contributed by atoms with van der Waals surface area (Å²) in [5.74, 6) is 1.04. The third-order valence-electron chi connectivity index (χ3n) is 4.56. The second kappa shape index (κ2) is 9.46. The fourth-order valence-electron chi connectivity index (χ4n) is 3.14. The Morgan fingerprint density at radius 1 is 1.33 bits per heavy atom. The summed E-state index contributed by atoms with van der Waals surface area (Å²) in [5.41, 5.74) is 1.64. The van der Waals surface area contributed by atoms with Gasteiger partial charge in [0.25, 0.3) is 0 Å². The predicted octanol–water partition coefficient (Wildman–Crippen LogP) is 5.05.